The Kier molecular flexibility index (Phi) is 29.2. The zero-order valence-electron chi connectivity index (χ0n) is 52.2. The van der Waals surface area contributed by atoms with Crippen LogP contribution in [0.2, 0.25) is 0 Å². The van der Waals surface area contributed by atoms with Gasteiger partial charge >= 0.3 is 47.8 Å². The lowest BCUT2D eigenvalue weighted by atomic mass is 9.81. The van der Waals surface area contributed by atoms with Crippen LogP contribution in [0.3, 0.4) is 0 Å². The second-order valence-electron chi connectivity index (χ2n) is 23.1. The first-order valence-corrected chi connectivity index (χ1v) is 29.8. The van der Waals surface area contributed by atoms with Gasteiger partial charge in [0.05, 0.1) is 0 Å². The van der Waals surface area contributed by atoms with E-state index in [1.165, 1.54) is 34.1 Å². The number of ether oxygens (including phenoxy) is 8. The molecule has 6 rings (SSSR count). The molecule has 16 heteroatoms. The molecule has 4 aliphatic rings. The largest absolute Gasteiger partial charge is 0.452 e. The van der Waals surface area contributed by atoms with Crippen LogP contribution in [0.5, 0.6) is 0 Å². The van der Waals surface area contributed by atoms with E-state index < -0.39 is 94.6 Å². The van der Waals surface area contributed by atoms with Crippen LogP contribution >= 0.6 is 0 Å². The number of allylic oxidation sites excluding steroid dienone is 1. The van der Waals surface area contributed by atoms with Crippen LogP contribution in [0, 0.1) is 5.92 Å². The Morgan fingerprint density at radius 2 is 0.776 bits per heavy atom. The van der Waals surface area contributed by atoms with Crippen LogP contribution in [0.4, 0.5) is 0 Å². The van der Waals surface area contributed by atoms with Crippen LogP contribution < -0.4 is 0 Å². The third kappa shape index (κ3) is 22.9. The summed E-state index contributed by atoms with van der Waals surface area (Å²) in [6, 6.07) is 19.8. The van der Waals surface area contributed by atoms with Crippen molar-refractivity contribution in [1.29, 1.82) is 0 Å². The van der Waals surface area contributed by atoms with E-state index in [1.807, 2.05) is 86.7 Å². The Morgan fingerprint density at radius 1 is 0.459 bits per heavy atom. The molecule has 0 saturated heterocycles. The third-order valence-electron chi connectivity index (χ3n) is 15.4. The van der Waals surface area contributed by atoms with E-state index >= 15 is 0 Å². The van der Waals surface area contributed by atoms with Crippen molar-refractivity contribution in [2.45, 2.75) is 232 Å². The topological polar surface area (TPSA) is 210 Å². The van der Waals surface area contributed by atoms with Crippen LogP contribution in [-0.2, 0) is 87.5 Å². The van der Waals surface area contributed by atoms with Crippen LogP contribution in [0.15, 0.2) is 134 Å². The lowest BCUT2D eigenvalue weighted by Gasteiger charge is -2.36. The SMILES string of the molecule is C=C(C)C(=O)OC(C)C(=O)OC1(C)C=CCC1.C=C(C)C(=O)OC(C)C(=O)OC1(c2ccccc2)CCCCCC1.C=C(C)C(=O)OC(C)C(=O)OC1(c2ccccc2)CCCCCCC1.C=CC1(OC(=O)C(C)OC(=O)C(=C)C)CCCC1C. The number of esters is 8. The summed E-state index contributed by atoms with van der Waals surface area (Å²) >= 11 is 0. The minimum absolute atomic E-state index is 0.234. The van der Waals surface area contributed by atoms with Gasteiger partial charge in [0.25, 0.3) is 0 Å². The van der Waals surface area contributed by atoms with Gasteiger partial charge in [-0.15, -0.1) is 0 Å². The summed E-state index contributed by atoms with van der Waals surface area (Å²) in [6.07, 6.45) is 19.3. The first-order valence-electron chi connectivity index (χ1n) is 29.8. The molecule has 0 radical (unpaired) electrons. The minimum Gasteiger partial charge on any atom is -0.452 e. The van der Waals surface area contributed by atoms with E-state index in [0.717, 1.165) is 120 Å². The van der Waals surface area contributed by atoms with Crippen molar-refractivity contribution in [3.05, 3.63) is 145 Å². The molecule has 0 aromatic heterocycles. The van der Waals surface area contributed by atoms with Gasteiger partial charge < -0.3 is 37.9 Å². The van der Waals surface area contributed by atoms with Crippen LogP contribution in [0.1, 0.15) is 196 Å². The molecule has 3 fully saturated rings. The van der Waals surface area contributed by atoms with Crippen molar-refractivity contribution in [2.24, 2.45) is 5.92 Å². The lowest BCUT2D eigenvalue weighted by molar-refractivity contribution is -0.180. The molecule has 2 aromatic carbocycles. The molecule has 0 heterocycles. The van der Waals surface area contributed by atoms with Gasteiger partial charge in [0, 0.05) is 22.3 Å². The fraction of sp³-hybridized carbons (Fsp3) is 0.536. The summed E-state index contributed by atoms with van der Waals surface area (Å²) in [5, 5.41) is 0. The van der Waals surface area contributed by atoms with E-state index in [-0.39, 0.29) is 28.2 Å². The molecule has 0 aliphatic heterocycles. The van der Waals surface area contributed by atoms with E-state index in [2.05, 4.69) is 32.9 Å². The first-order chi connectivity index (χ1) is 40.0. The fourth-order valence-corrected chi connectivity index (χ4v) is 10.1. The Labute approximate surface area is 504 Å². The minimum atomic E-state index is -0.949. The average molecular weight is 1180 g/mol. The molecule has 7 unspecified atom stereocenters. The normalized spacial score (nSPS) is 21.5. The zero-order chi connectivity index (χ0) is 63.5. The van der Waals surface area contributed by atoms with Gasteiger partial charge in [-0.2, -0.15) is 0 Å². The predicted molar refractivity (Wildman–Crippen MR) is 325 cm³/mol. The van der Waals surface area contributed by atoms with Crippen molar-refractivity contribution in [2.75, 3.05) is 0 Å². The highest BCUT2D eigenvalue weighted by atomic mass is 16.6. The highest BCUT2D eigenvalue weighted by molar-refractivity contribution is 5.91. The zero-order valence-corrected chi connectivity index (χ0v) is 52.2. The summed E-state index contributed by atoms with van der Waals surface area (Å²) in [5.41, 5.74) is 0.625. The molecule has 4 aliphatic carbocycles. The molecule has 0 bridgehead atoms. The van der Waals surface area contributed by atoms with E-state index in [0.29, 0.717) is 0 Å². The van der Waals surface area contributed by atoms with Crippen LogP contribution in [-0.4, -0.2) is 83.4 Å². The van der Waals surface area contributed by atoms with E-state index in [1.54, 1.807) is 33.8 Å². The quantitative estimate of drug-likeness (QED) is 0.0421. The Morgan fingerprint density at radius 3 is 1.06 bits per heavy atom. The van der Waals surface area contributed by atoms with Crippen LogP contribution in [0.25, 0.3) is 0 Å². The molecule has 466 valence electrons. The lowest BCUT2D eigenvalue weighted by Crippen LogP contribution is -2.39. The maximum atomic E-state index is 12.6. The Bertz CT molecular complexity index is 2670. The predicted octanol–water partition coefficient (Wildman–Crippen LogP) is 13.9. The van der Waals surface area contributed by atoms with Gasteiger partial charge in [0.15, 0.2) is 24.4 Å². The molecule has 2 aromatic rings. The summed E-state index contributed by atoms with van der Waals surface area (Å²) in [7, 11) is 0. The Balaban J connectivity index is 0.000000300. The first kappa shape index (κ1) is 71.9. The van der Waals surface area contributed by atoms with Gasteiger partial charge in [0.2, 0.25) is 0 Å². The number of carbonyl (C=O) groups excluding carboxylic acids is 8. The third-order valence-corrected chi connectivity index (χ3v) is 15.4. The number of hydrogen-bond donors (Lipinski definition) is 0. The second kappa shape index (κ2) is 34.6. The maximum Gasteiger partial charge on any atom is 0.348 e. The van der Waals surface area contributed by atoms with Crippen molar-refractivity contribution < 1.29 is 76.3 Å². The smallest absolute Gasteiger partial charge is 0.348 e. The second-order valence-corrected chi connectivity index (χ2v) is 23.1. The van der Waals surface area contributed by atoms with Crippen molar-refractivity contribution in [1.82, 2.24) is 0 Å². The van der Waals surface area contributed by atoms with Crippen molar-refractivity contribution in [3.8, 4) is 0 Å². The summed E-state index contributed by atoms with van der Waals surface area (Å²) in [6.45, 7) is 33.9. The summed E-state index contributed by atoms with van der Waals surface area (Å²) in [4.78, 5) is 94.7. The Hall–Kier alpha value is -7.36. The monoisotopic (exact) mass is 1180 g/mol. The standard InChI is InChI=1S/C21H28O4.C20H26O4.C15H22O4.C13H18O4/c1-16(2)19(22)24-17(3)20(23)25-21(18-12-8-7-9-13-18)14-10-5-4-6-11-15-21;1-15(2)18(21)23-16(3)19(22)24-20(13-9-4-5-10-14-20)17-11-7-6-8-12-17;1-6-15(9-7-8-11(15)4)19-14(17)12(5)18-13(16)10(2)3;1-9(2)11(14)16-10(3)12(15)17-13(4)7-5-6-8-13/h7-9,12-13,17H,1,4-6,10-11,14-15H2,2-3H3;6-8,11-12,16H,1,4-5,9-10,13-14H2,2-3H3;6,11-12H,1-2,7-9H2,3-5H3;5,7,10H,1,6,8H2,2-4H3. The molecule has 0 amide bonds. The highest BCUT2D eigenvalue weighted by Crippen LogP contribution is 2.42. The molecule has 0 N–H and O–H groups in total. The van der Waals surface area contributed by atoms with Crippen molar-refractivity contribution >= 4 is 47.8 Å². The summed E-state index contributed by atoms with van der Waals surface area (Å²) < 4.78 is 42.9. The number of hydrogen-bond acceptors (Lipinski definition) is 16. The molecule has 3 saturated carbocycles. The summed E-state index contributed by atoms with van der Waals surface area (Å²) in [5.74, 6) is -4.16. The van der Waals surface area contributed by atoms with Gasteiger partial charge in [0.1, 0.15) is 22.4 Å². The van der Waals surface area contributed by atoms with Gasteiger partial charge in [-0.05, 0) is 175 Å². The molecule has 16 nitrogen and oxygen atoms in total. The van der Waals surface area contributed by atoms with Gasteiger partial charge in [-0.25, -0.2) is 38.4 Å². The molecule has 7 atom stereocenters. The molecular formula is C69H94O16. The number of rotatable bonds is 19. The number of benzene rings is 2. The molecule has 85 heavy (non-hydrogen) atoms. The van der Waals surface area contributed by atoms with Gasteiger partial charge in [-0.3, -0.25) is 0 Å². The molecule has 0 spiro atoms. The van der Waals surface area contributed by atoms with E-state index in [4.69, 9.17) is 37.9 Å². The highest BCUT2D eigenvalue weighted by Gasteiger charge is 2.43. The fourth-order valence-electron chi connectivity index (χ4n) is 10.1. The molecular weight excluding hydrogens is 1080 g/mol. The van der Waals surface area contributed by atoms with Gasteiger partial charge in [-0.1, -0.05) is 139 Å². The number of carbonyl (C=O) groups is 8. The van der Waals surface area contributed by atoms with E-state index in [9.17, 15) is 38.4 Å². The van der Waals surface area contributed by atoms with Crippen molar-refractivity contribution in [3.63, 3.8) is 0 Å². The maximum absolute atomic E-state index is 12.6. The average Bonchev–Trinajstić information content (AvgIpc) is 3.74.